The summed E-state index contributed by atoms with van der Waals surface area (Å²) in [6, 6.07) is 1.03. The summed E-state index contributed by atoms with van der Waals surface area (Å²) in [5.41, 5.74) is 7.93. The Labute approximate surface area is 66.3 Å². The van der Waals surface area contributed by atoms with Gasteiger partial charge in [-0.15, -0.1) is 0 Å². The van der Waals surface area contributed by atoms with E-state index < -0.39 is 5.82 Å². The number of halogens is 2. The molecule has 4 nitrogen and oxygen atoms in total. The zero-order valence-electron chi connectivity index (χ0n) is 5.20. The zero-order valence-corrected chi connectivity index (χ0v) is 5.96. The van der Waals surface area contributed by atoms with E-state index in [1.54, 1.807) is 0 Å². The van der Waals surface area contributed by atoms with E-state index in [1.807, 2.05) is 0 Å². The molecule has 56 valence electrons. The Hall–Kier alpha value is -1.32. The number of hydrogen-bond donors (Lipinski definition) is 0. The van der Waals surface area contributed by atoms with Gasteiger partial charge in [0.25, 0.3) is 0 Å². The summed E-state index contributed by atoms with van der Waals surface area (Å²) in [6.45, 7) is 0. The summed E-state index contributed by atoms with van der Waals surface area (Å²) in [7, 11) is 0. The van der Waals surface area contributed by atoms with Crippen LogP contribution in [0.4, 0.5) is 10.2 Å². The van der Waals surface area contributed by atoms with E-state index in [0.29, 0.717) is 0 Å². The monoisotopic (exact) mass is 172 g/mol. The maximum atomic E-state index is 12.6. The van der Waals surface area contributed by atoms with Crippen molar-refractivity contribution in [2.45, 2.75) is 0 Å². The van der Waals surface area contributed by atoms with Gasteiger partial charge in [0, 0.05) is 11.1 Å². The maximum absolute atomic E-state index is 12.6. The summed E-state index contributed by atoms with van der Waals surface area (Å²) in [6.07, 6.45) is 1.20. The van der Waals surface area contributed by atoms with Gasteiger partial charge >= 0.3 is 0 Å². The number of pyridine rings is 1. The van der Waals surface area contributed by atoms with Gasteiger partial charge in [0.15, 0.2) is 11.6 Å². The number of rotatable bonds is 1. The minimum absolute atomic E-state index is 0.166. The van der Waals surface area contributed by atoms with Crippen LogP contribution in [0.1, 0.15) is 0 Å². The van der Waals surface area contributed by atoms with E-state index in [-0.39, 0.29) is 10.8 Å². The fraction of sp³-hybridized carbons (Fsp3) is 0. The van der Waals surface area contributed by atoms with Crippen molar-refractivity contribution >= 4 is 17.4 Å². The van der Waals surface area contributed by atoms with Gasteiger partial charge in [0.1, 0.15) is 0 Å². The topological polar surface area (TPSA) is 61.7 Å². The first-order valence-electron chi connectivity index (χ1n) is 2.60. The molecule has 0 spiro atoms. The van der Waals surface area contributed by atoms with Crippen molar-refractivity contribution in [1.82, 2.24) is 4.98 Å². The molecule has 0 fully saturated rings. The largest absolute Gasteiger partial charge is 0.250 e. The molecule has 0 N–H and O–H groups in total. The first-order chi connectivity index (χ1) is 5.24. The lowest BCUT2D eigenvalue weighted by Gasteiger charge is -1.92. The van der Waals surface area contributed by atoms with E-state index in [1.165, 1.54) is 6.20 Å². The van der Waals surface area contributed by atoms with Crippen LogP contribution < -0.4 is 0 Å². The summed E-state index contributed by atoms with van der Waals surface area (Å²) in [4.78, 5) is 5.82. The van der Waals surface area contributed by atoms with Crippen molar-refractivity contribution < 1.29 is 4.39 Å². The van der Waals surface area contributed by atoms with E-state index in [9.17, 15) is 4.39 Å². The van der Waals surface area contributed by atoms with Crippen LogP contribution in [0.5, 0.6) is 0 Å². The van der Waals surface area contributed by atoms with E-state index >= 15 is 0 Å². The quantitative estimate of drug-likeness (QED) is 0.365. The summed E-state index contributed by atoms with van der Waals surface area (Å²) < 4.78 is 12.6. The van der Waals surface area contributed by atoms with Crippen molar-refractivity contribution in [3.8, 4) is 0 Å². The van der Waals surface area contributed by atoms with Gasteiger partial charge in [-0.25, -0.2) is 4.39 Å². The van der Waals surface area contributed by atoms with Gasteiger partial charge in [-0.05, 0) is 16.7 Å². The van der Waals surface area contributed by atoms with Crippen LogP contribution in [0.15, 0.2) is 17.4 Å². The molecule has 0 bridgehead atoms. The molecule has 0 saturated heterocycles. The molecule has 0 aliphatic heterocycles. The molecular weight excluding hydrogens is 171 g/mol. The standard InChI is InChI=1S/C5H2ClFN4/c6-3-1-4(7)5(9-2-3)10-11-8/h1-2H. The molecule has 0 aliphatic rings. The van der Waals surface area contributed by atoms with Gasteiger partial charge in [0.2, 0.25) is 0 Å². The maximum Gasteiger partial charge on any atom is 0.162 e. The third-order valence-electron chi connectivity index (χ3n) is 0.928. The lowest BCUT2D eigenvalue weighted by Crippen LogP contribution is -1.79. The second-order valence-electron chi connectivity index (χ2n) is 1.65. The summed E-state index contributed by atoms with van der Waals surface area (Å²) in [5, 5.41) is 3.15. The van der Waals surface area contributed by atoms with Gasteiger partial charge < -0.3 is 0 Å². The van der Waals surface area contributed by atoms with Gasteiger partial charge in [-0.3, -0.25) is 4.98 Å². The minimum Gasteiger partial charge on any atom is -0.250 e. The van der Waals surface area contributed by atoms with Crippen LogP contribution in [0.2, 0.25) is 5.02 Å². The zero-order chi connectivity index (χ0) is 8.27. The van der Waals surface area contributed by atoms with Gasteiger partial charge in [-0.2, -0.15) is 0 Å². The SMILES string of the molecule is [N-]=[N+]=Nc1ncc(Cl)cc1F. The molecule has 0 amide bonds. The number of aromatic nitrogens is 1. The Bertz CT molecular complexity index is 320. The van der Waals surface area contributed by atoms with Crippen molar-refractivity contribution in [3.63, 3.8) is 0 Å². The van der Waals surface area contributed by atoms with Crippen molar-refractivity contribution in [3.05, 3.63) is 33.5 Å². The number of azide groups is 1. The van der Waals surface area contributed by atoms with Crippen LogP contribution in [0.25, 0.3) is 10.4 Å². The highest BCUT2D eigenvalue weighted by molar-refractivity contribution is 6.30. The fourth-order valence-corrected chi connectivity index (χ4v) is 0.668. The predicted octanol–water partition coefficient (Wildman–Crippen LogP) is 2.82. The molecule has 0 atom stereocenters. The van der Waals surface area contributed by atoms with E-state index in [0.717, 1.165) is 6.07 Å². The molecule has 0 aromatic carbocycles. The van der Waals surface area contributed by atoms with Crippen LogP contribution >= 0.6 is 11.6 Å². The lowest BCUT2D eigenvalue weighted by atomic mass is 10.4. The third kappa shape index (κ3) is 1.80. The Morgan fingerprint density at radius 3 is 3.00 bits per heavy atom. The predicted molar refractivity (Wildman–Crippen MR) is 38.0 cm³/mol. The lowest BCUT2D eigenvalue weighted by molar-refractivity contribution is 0.624. The highest BCUT2D eigenvalue weighted by Crippen LogP contribution is 2.17. The second-order valence-corrected chi connectivity index (χ2v) is 2.08. The Balaban J connectivity index is 3.19. The van der Waals surface area contributed by atoms with Crippen LogP contribution in [-0.2, 0) is 0 Å². The Morgan fingerprint density at radius 2 is 2.45 bits per heavy atom. The normalized spacial score (nSPS) is 8.91. The molecule has 0 radical (unpaired) electrons. The van der Waals surface area contributed by atoms with Crippen molar-refractivity contribution in [2.75, 3.05) is 0 Å². The highest BCUT2D eigenvalue weighted by Gasteiger charge is 2.00. The highest BCUT2D eigenvalue weighted by atomic mass is 35.5. The molecule has 11 heavy (non-hydrogen) atoms. The summed E-state index contributed by atoms with van der Waals surface area (Å²) in [5.74, 6) is -1.02. The Morgan fingerprint density at radius 1 is 1.73 bits per heavy atom. The van der Waals surface area contributed by atoms with Crippen LogP contribution in [-0.4, -0.2) is 4.98 Å². The average Bonchev–Trinajstić information content (AvgIpc) is 1.95. The van der Waals surface area contributed by atoms with Crippen molar-refractivity contribution in [1.29, 1.82) is 0 Å². The van der Waals surface area contributed by atoms with E-state index in [2.05, 4.69) is 15.0 Å². The molecule has 1 aromatic heterocycles. The second kappa shape index (κ2) is 3.18. The molecule has 1 rings (SSSR count). The van der Waals surface area contributed by atoms with Crippen LogP contribution in [0, 0.1) is 5.82 Å². The third-order valence-corrected chi connectivity index (χ3v) is 1.13. The Kier molecular flexibility index (Phi) is 2.25. The first-order valence-corrected chi connectivity index (χ1v) is 2.98. The average molecular weight is 173 g/mol. The van der Waals surface area contributed by atoms with E-state index in [4.69, 9.17) is 17.1 Å². The fourth-order valence-electron chi connectivity index (χ4n) is 0.523. The molecular formula is C5H2ClFN4. The van der Waals surface area contributed by atoms with Crippen LogP contribution in [0.3, 0.4) is 0 Å². The molecule has 6 heteroatoms. The molecule has 0 saturated carbocycles. The van der Waals surface area contributed by atoms with Gasteiger partial charge in [0.05, 0.1) is 5.02 Å². The molecule has 1 heterocycles. The summed E-state index contributed by atoms with van der Waals surface area (Å²) >= 11 is 5.38. The number of nitrogens with zero attached hydrogens (tertiary/aromatic N) is 4. The minimum atomic E-state index is -0.727. The molecule has 0 unspecified atom stereocenters. The first kappa shape index (κ1) is 7.78. The smallest absolute Gasteiger partial charge is 0.162 e. The number of hydrogen-bond acceptors (Lipinski definition) is 2. The van der Waals surface area contributed by atoms with Gasteiger partial charge in [-0.1, -0.05) is 11.6 Å². The molecule has 0 aliphatic carbocycles. The molecule has 1 aromatic rings. The van der Waals surface area contributed by atoms with Crippen molar-refractivity contribution in [2.24, 2.45) is 5.11 Å².